The number of nitrogens with one attached hydrogen (secondary N) is 1. The highest BCUT2D eigenvalue weighted by molar-refractivity contribution is 4.61. The highest BCUT2D eigenvalue weighted by Crippen LogP contribution is 1.94. The molecule has 1 N–H and O–H groups in total. The van der Waals surface area contributed by atoms with Gasteiger partial charge in [0.25, 0.3) is 0 Å². The van der Waals surface area contributed by atoms with Crippen LogP contribution in [0.15, 0.2) is 0 Å². The Balaban J connectivity index is 3.32. The second-order valence-electron chi connectivity index (χ2n) is 4.87. The molecule has 0 rings (SSSR count). The zero-order valence-corrected chi connectivity index (χ0v) is 11.8. The molecule has 0 fully saturated rings. The maximum atomic E-state index is 5.52. The van der Waals surface area contributed by atoms with Crippen molar-refractivity contribution in [2.45, 2.75) is 52.7 Å². The lowest BCUT2D eigenvalue weighted by Gasteiger charge is -2.19. The van der Waals surface area contributed by atoms with Gasteiger partial charge >= 0.3 is 0 Å². The van der Waals surface area contributed by atoms with Crippen LogP contribution in [0.3, 0.4) is 0 Å². The van der Waals surface area contributed by atoms with Gasteiger partial charge in [-0.1, -0.05) is 13.3 Å². The number of nitrogens with zero attached hydrogens (tertiary/aromatic N) is 1. The zero-order chi connectivity index (χ0) is 12.4. The molecule has 0 aliphatic rings. The molecule has 16 heavy (non-hydrogen) atoms. The highest BCUT2D eigenvalue weighted by atomic mass is 16.5. The second kappa shape index (κ2) is 10.1. The topological polar surface area (TPSA) is 24.5 Å². The van der Waals surface area contributed by atoms with E-state index in [0.29, 0.717) is 12.1 Å². The minimum absolute atomic E-state index is 0.344. The fourth-order valence-corrected chi connectivity index (χ4v) is 1.59. The first-order valence-electron chi connectivity index (χ1n) is 6.59. The Morgan fingerprint density at radius 2 is 1.88 bits per heavy atom. The summed E-state index contributed by atoms with van der Waals surface area (Å²) in [7, 11) is 2.15. The van der Waals surface area contributed by atoms with E-state index in [2.05, 4.69) is 45.0 Å². The molecule has 1 atom stereocenters. The van der Waals surface area contributed by atoms with Crippen LogP contribution in [0, 0.1) is 0 Å². The molecular weight excluding hydrogens is 200 g/mol. The van der Waals surface area contributed by atoms with Crippen LogP contribution in [0.1, 0.15) is 40.5 Å². The molecule has 0 saturated carbocycles. The lowest BCUT2D eigenvalue weighted by molar-refractivity contribution is 0.0639. The van der Waals surface area contributed by atoms with Gasteiger partial charge < -0.3 is 15.0 Å². The Labute approximate surface area is 102 Å². The van der Waals surface area contributed by atoms with Crippen molar-refractivity contribution >= 4 is 0 Å². The molecule has 0 aliphatic heterocycles. The van der Waals surface area contributed by atoms with Crippen molar-refractivity contribution in [2.24, 2.45) is 0 Å². The molecule has 0 amide bonds. The van der Waals surface area contributed by atoms with E-state index in [0.717, 1.165) is 26.2 Å². The molecule has 1 unspecified atom stereocenters. The Hall–Kier alpha value is -0.120. The summed E-state index contributed by atoms with van der Waals surface area (Å²) in [6.45, 7) is 12.6. The van der Waals surface area contributed by atoms with E-state index in [1.807, 2.05) is 0 Å². The van der Waals surface area contributed by atoms with Crippen molar-refractivity contribution in [3.63, 3.8) is 0 Å². The fourth-order valence-electron chi connectivity index (χ4n) is 1.59. The quantitative estimate of drug-likeness (QED) is 0.622. The van der Waals surface area contributed by atoms with Crippen molar-refractivity contribution < 1.29 is 4.74 Å². The van der Waals surface area contributed by atoms with E-state index in [1.54, 1.807) is 0 Å². The van der Waals surface area contributed by atoms with Crippen LogP contribution in [0.4, 0.5) is 0 Å². The van der Waals surface area contributed by atoms with E-state index in [-0.39, 0.29) is 0 Å². The molecule has 0 aromatic heterocycles. The third-order valence-corrected chi connectivity index (χ3v) is 2.63. The lowest BCUT2D eigenvalue weighted by Crippen LogP contribution is -2.35. The van der Waals surface area contributed by atoms with Gasteiger partial charge in [-0.2, -0.15) is 0 Å². The summed E-state index contributed by atoms with van der Waals surface area (Å²) in [4.78, 5) is 2.31. The smallest absolute Gasteiger partial charge is 0.0596 e. The molecule has 0 aromatic rings. The van der Waals surface area contributed by atoms with Crippen LogP contribution in [0.2, 0.25) is 0 Å². The maximum Gasteiger partial charge on any atom is 0.0596 e. The second-order valence-corrected chi connectivity index (χ2v) is 4.87. The van der Waals surface area contributed by atoms with Gasteiger partial charge in [0.05, 0.1) is 12.7 Å². The summed E-state index contributed by atoms with van der Waals surface area (Å²) >= 11 is 0. The summed E-state index contributed by atoms with van der Waals surface area (Å²) in [5, 5.41) is 3.53. The van der Waals surface area contributed by atoms with Crippen LogP contribution in [0.25, 0.3) is 0 Å². The third-order valence-electron chi connectivity index (χ3n) is 2.63. The van der Waals surface area contributed by atoms with Gasteiger partial charge in [0.2, 0.25) is 0 Å². The van der Waals surface area contributed by atoms with E-state index in [4.69, 9.17) is 4.74 Å². The van der Waals surface area contributed by atoms with Crippen LogP contribution in [0.5, 0.6) is 0 Å². The summed E-state index contributed by atoms with van der Waals surface area (Å²) in [5.41, 5.74) is 0. The Morgan fingerprint density at radius 1 is 1.19 bits per heavy atom. The van der Waals surface area contributed by atoms with Crippen molar-refractivity contribution in [3.8, 4) is 0 Å². The predicted molar refractivity (Wildman–Crippen MR) is 71.0 cm³/mol. The number of rotatable bonds is 10. The van der Waals surface area contributed by atoms with Gasteiger partial charge in [0.15, 0.2) is 0 Å². The minimum atomic E-state index is 0.344. The monoisotopic (exact) mass is 230 g/mol. The van der Waals surface area contributed by atoms with Gasteiger partial charge in [-0.05, 0) is 34.2 Å². The molecule has 3 heteroatoms. The van der Waals surface area contributed by atoms with Crippen LogP contribution < -0.4 is 5.32 Å². The number of hydrogen-bond acceptors (Lipinski definition) is 3. The first kappa shape index (κ1) is 15.9. The van der Waals surface area contributed by atoms with E-state index >= 15 is 0 Å². The van der Waals surface area contributed by atoms with Crippen molar-refractivity contribution in [1.82, 2.24) is 10.2 Å². The van der Waals surface area contributed by atoms with E-state index in [9.17, 15) is 0 Å². The number of hydrogen-bond donors (Lipinski definition) is 1. The number of ether oxygens (including phenoxy) is 1. The lowest BCUT2D eigenvalue weighted by atomic mass is 10.2. The first-order chi connectivity index (χ1) is 7.56. The van der Waals surface area contributed by atoms with Gasteiger partial charge in [0.1, 0.15) is 0 Å². The summed E-state index contributed by atoms with van der Waals surface area (Å²) in [6.07, 6.45) is 2.86. The van der Waals surface area contributed by atoms with E-state index in [1.165, 1.54) is 12.8 Å². The zero-order valence-electron chi connectivity index (χ0n) is 11.8. The van der Waals surface area contributed by atoms with Crippen molar-refractivity contribution in [2.75, 3.05) is 33.3 Å². The molecule has 0 aromatic carbocycles. The largest absolute Gasteiger partial charge is 0.377 e. The Kier molecular flexibility index (Phi) is 9.99. The first-order valence-corrected chi connectivity index (χ1v) is 6.59. The van der Waals surface area contributed by atoms with Crippen molar-refractivity contribution in [3.05, 3.63) is 0 Å². The van der Waals surface area contributed by atoms with Crippen LogP contribution in [-0.2, 0) is 4.74 Å². The fraction of sp³-hybridized carbons (Fsp3) is 1.00. The van der Waals surface area contributed by atoms with Crippen LogP contribution >= 0.6 is 0 Å². The molecule has 0 aliphatic carbocycles. The third kappa shape index (κ3) is 10.4. The Morgan fingerprint density at radius 3 is 2.44 bits per heavy atom. The Bertz CT molecular complexity index is 151. The molecule has 98 valence electrons. The molecular formula is C13H30N2O. The van der Waals surface area contributed by atoms with E-state index < -0.39 is 0 Å². The summed E-state index contributed by atoms with van der Waals surface area (Å²) in [6, 6.07) is 0.644. The molecule has 0 saturated heterocycles. The molecule has 0 heterocycles. The van der Waals surface area contributed by atoms with Gasteiger partial charge in [-0.25, -0.2) is 0 Å². The average molecular weight is 230 g/mol. The van der Waals surface area contributed by atoms with Gasteiger partial charge in [-0.3, -0.25) is 0 Å². The molecule has 0 bridgehead atoms. The van der Waals surface area contributed by atoms with Gasteiger partial charge in [-0.15, -0.1) is 0 Å². The van der Waals surface area contributed by atoms with Gasteiger partial charge in [0, 0.05) is 25.7 Å². The molecule has 0 spiro atoms. The van der Waals surface area contributed by atoms with Crippen LogP contribution in [-0.4, -0.2) is 50.3 Å². The molecule has 3 nitrogen and oxygen atoms in total. The maximum absolute atomic E-state index is 5.52. The summed E-state index contributed by atoms with van der Waals surface area (Å²) < 4.78 is 5.52. The normalized spacial score (nSPS) is 13.7. The van der Waals surface area contributed by atoms with Crippen molar-refractivity contribution in [1.29, 1.82) is 0 Å². The minimum Gasteiger partial charge on any atom is -0.377 e. The highest BCUT2D eigenvalue weighted by Gasteiger charge is 2.02. The standard InChI is InChI=1S/C13H30N2O/c1-6-7-13(4)14-8-9-15(5)10-11-16-12(2)3/h12-14H,6-11H2,1-5H3. The predicted octanol–water partition coefficient (Wildman–Crippen LogP) is 2.12. The summed E-state index contributed by atoms with van der Waals surface area (Å²) in [5.74, 6) is 0. The number of likely N-dealkylation sites (N-methyl/N-ethyl adjacent to an activating group) is 1. The SMILES string of the molecule is CCCC(C)NCCN(C)CCOC(C)C. The average Bonchev–Trinajstić information content (AvgIpc) is 2.17. The molecule has 0 radical (unpaired) electrons.